The molecule has 3 aromatic rings. The first-order valence-electron chi connectivity index (χ1n) is 10.4. The molecule has 1 fully saturated rings. The smallest absolute Gasteiger partial charge is 0.262 e. The number of carbonyl (C=O) groups is 1. The van der Waals surface area contributed by atoms with Gasteiger partial charge in [-0.05, 0) is 43.5 Å². The van der Waals surface area contributed by atoms with E-state index in [4.69, 9.17) is 16.3 Å². The first-order valence-corrected chi connectivity index (χ1v) is 10.8. The number of fused-ring (bicyclic) bond motifs is 1. The van der Waals surface area contributed by atoms with Crippen LogP contribution in [-0.2, 0) is 16.1 Å². The summed E-state index contributed by atoms with van der Waals surface area (Å²) in [5.74, 6) is -0.375. The van der Waals surface area contributed by atoms with E-state index in [1.807, 2.05) is 55.5 Å². The van der Waals surface area contributed by atoms with E-state index in [9.17, 15) is 10.1 Å². The monoisotopic (exact) mass is 433 g/mol. The van der Waals surface area contributed by atoms with Gasteiger partial charge in [-0.1, -0.05) is 48.0 Å². The van der Waals surface area contributed by atoms with Crippen LogP contribution in [0.1, 0.15) is 29.7 Å². The van der Waals surface area contributed by atoms with Crippen molar-refractivity contribution in [3.05, 3.63) is 75.9 Å². The summed E-state index contributed by atoms with van der Waals surface area (Å²) in [5.41, 5.74) is 3.97. The van der Waals surface area contributed by atoms with E-state index in [0.29, 0.717) is 18.1 Å². The van der Waals surface area contributed by atoms with Gasteiger partial charge in [0.2, 0.25) is 0 Å². The Morgan fingerprint density at radius 3 is 2.81 bits per heavy atom. The minimum Gasteiger partial charge on any atom is -0.376 e. The highest BCUT2D eigenvalue weighted by molar-refractivity contribution is 6.31. The number of para-hydroxylation sites is 1. The van der Waals surface area contributed by atoms with Crippen molar-refractivity contribution in [2.45, 2.75) is 32.4 Å². The van der Waals surface area contributed by atoms with Crippen molar-refractivity contribution >= 4 is 34.5 Å². The molecule has 2 aromatic carbocycles. The summed E-state index contributed by atoms with van der Waals surface area (Å²) >= 11 is 6.39. The number of halogens is 1. The Balaban J connectivity index is 1.68. The Hall–Kier alpha value is -3.07. The van der Waals surface area contributed by atoms with E-state index in [1.165, 1.54) is 0 Å². The van der Waals surface area contributed by atoms with E-state index in [0.717, 1.165) is 47.2 Å². The zero-order valence-corrected chi connectivity index (χ0v) is 18.2. The molecule has 1 saturated heterocycles. The summed E-state index contributed by atoms with van der Waals surface area (Å²) in [6, 6.07) is 17.8. The second kappa shape index (κ2) is 9.38. The summed E-state index contributed by atoms with van der Waals surface area (Å²) in [6.45, 7) is 3.76. The lowest BCUT2D eigenvalue weighted by Crippen LogP contribution is -2.32. The second-order valence-electron chi connectivity index (χ2n) is 7.71. The molecule has 1 aromatic heterocycles. The number of hydrogen-bond acceptors (Lipinski definition) is 3. The van der Waals surface area contributed by atoms with Crippen LogP contribution in [0.25, 0.3) is 17.0 Å². The fraction of sp³-hybridized carbons (Fsp3) is 0.280. The molecule has 6 heteroatoms. The van der Waals surface area contributed by atoms with Crippen LogP contribution in [0.3, 0.4) is 0 Å². The second-order valence-corrected chi connectivity index (χ2v) is 8.12. The van der Waals surface area contributed by atoms with Gasteiger partial charge in [0.05, 0.1) is 6.10 Å². The normalized spacial score (nSPS) is 16.4. The number of amides is 1. The predicted octanol–water partition coefficient (Wildman–Crippen LogP) is 4.85. The molecular weight excluding hydrogens is 410 g/mol. The third-order valence-electron chi connectivity index (χ3n) is 5.73. The zero-order valence-electron chi connectivity index (χ0n) is 17.4. The molecule has 1 aliphatic heterocycles. The van der Waals surface area contributed by atoms with E-state index in [-0.39, 0.29) is 17.6 Å². The van der Waals surface area contributed by atoms with Crippen molar-refractivity contribution < 1.29 is 9.53 Å². The molecule has 4 rings (SSSR count). The number of nitrogens with one attached hydrogen (secondary N) is 1. The van der Waals surface area contributed by atoms with Crippen molar-refractivity contribution in [1.82, 2.24) is 9.88 Å². The molecule has 0 unspecified atom stereocenters. The van der Waals surface area contributed by atoms with Crippen molar-refractivity contribution in [1.29, 1.82) is 5.26 Å². The standard InChI is InChI=1S/C25H24ClN3O2/c1-17-22(13-19(14-27)25(30)28-15-20-8-6-12-31-20)21-9-3-5-11-24(21)29(17)16-18-7-2-4-10-23(18)26/h2-5,7,9-11,13,20H,6,8,12,15-16H2,1H3,(H,28,30)/b19-13-/t20-/m1/s1. The van der Waals surface area contributed by atoms with Crippen molar-refractivity contribution in [3.63, 3.8) is 0 Å². The summed E-state index contributed by atoms with van der Waals surface area (Å²) < 4.78 is 7.72. The Morgan fingerprint density at radius 1 is 1.29 bits per heavy atom. The van der Waals surface area contributed by atoms with E-state index < -0.39 is 0 Å². The molecule has 1 amide bonds. The highest BCUT2D eigenvalue weighted by Crippen LogP contribution is 2.30. The average Bonchev–Trinajstić information content (AvgIpc) is 3.39. The van der Waals surface area contributed by atoms with E-state index in [2.05, 4.69) is 16.0 Å². The van der Waals surface area contributed by atoms with Gasteiger partial charge in [-0.25, -0.2) is 0 Å². The van der Waals surface area contributed by atoms with Gasteiger partial charge in [-0.2, -0.15) is 5.26 Å². The van der Waals surface area contributed by atoms with Gasteiger partial charge in [0.25, 0.3) is 5.91 Å². The van der Waals surface area contributed by atoms with E-state index >= 15 is 0 Å². The lowest BCUT2D eigenvalue weighted by molar-refractivity contribution is -0.117. The maximum absolute atomic E-state index is 12.6. The van der Waals surface area contributed by atoms with Crippen molar-refractivity contribution in [2.75, 3.05) is 13.2 Å². The lowest BCUT2D eigenvalue weighted by atomic mass is 10.1. The highest BCUT2D eigenvalue weighted by atomic mass is 35.5. The Labute approximate surface area is 186 Å². The Kier molecular flexibility index (Phi) is 6.41. The molecule has 0 bridgehead atoms. The summed E-state index contributed by atoms with van der Waals surface area (Å²) in [4.78, 5) is 12.6. The number of hydrogen-bond donors (Lipinski definition) is 1. The van der Waals surface area contributed by atoms with Crippen LogP contribution < -0.4 is 5.32 Å². The Morgan fingerprint density at radius 2 is 2.06 bits per heavy atom. The number of benzene rings is 2. The van der Waals surface area contributed by atoms with Gasteiger partial charge >= 0.3 is 0 Å². The van der Waals surface area contributed by atoms with Crippen LogP contribution >= 0.6 is 11.6 Å². The van der Waals surface area contributed by atoms with Crippen molar-refractivity contribution in [2.24, 2.45) is 0 Å². The molecule has 158 valence electrons. The Bertz CT molecular complexity index is 1180. The molecule has 0 radical (unpaired) electrons. The number of rotatable bonds is 6. The van der Waals surface area contributed by atoms with Crippen LogP contribution in [-0.4, -0.2) is 29.7 Å². The molecule has 1 aliphatic rings. The minimum atomic E-state index is -0.375. The van der Waals surface area contributed by atoms with Gasteiger partial charge in [-0.15, -0.1) is 0 Å². The third kappa shape index (κ3) is 4.51. The first-order chi connectivity index (χ1) is 15.1. The number of nitriles is 1. The van der Waals surface area contributed by atoms with Gasteiger partial charge in [0, 0.05) is 46.9 Å². The van der Waals surface area contributed by atoms with Gasteiger partial charge in [0.1, 0.15) is 11.6 Å². The fourth-order valence-electron chi connectivity index (χ4n) is 4.04. The van der Waals surface area contributed by atoms with Crippen LogP contribution in [0.4, 0.5) is 0 Å². The number of carbonyl (C=O) groups excluding carboxylic acids is 1. The molecule has 0 aliphatic carbocycles. The quantitative estimate of drug-likeness (QED) is 0.446. The summed E-state index contributed by atoms with van der Waals surface area (Å²) in [7, 11) is 0. The largest absolute Gasteiger partial charge is 0.376 e. The lowest BCUT2D eigenvalue weighted by Gasteiger charge is -2.11. The van der Waals surface area contributed by atoms with Crippen LogP contribution in [0.2, 0.25) is 5.02 Å². The van der Waals surface area contributed by atoms with Crippen molar-refractivity contribution in [3.8, 4) is 6.07 Å². The highest BCUT2D eigenvalue weighted by Gasteiger charge is 2.19. The predicted molar refractivity (Wildman–Crippen MR) is 123 cm³/mol. The van der Waals surface area contributed by atoms with Gasteiger partial charge in [-0.3, -0.25) is 4.79 Å². The molecule has 31 heavy (non-hydrogen) atoms. The maximum Gasteiger partial charge on any atom is 0.262 e. The number of nitrogens with zero attached hydrogens (tertiary/aromatic N) is 2. The fourth-order valence-corrected chi connectivity index (χ4v) is 4.24. The molecule has 2 heterocycles. The SMILES string of the molecule is Cc1c(/C=C(/C#N)C(=O)NC[C@H]2CCCO2)c2ccccc2n1Cc1ccccc1Cl. The van der Waals surface area contributed by atoms with Crippen LogP contribution in [0.15, 0.2) is 54.1 Å². The molecule has 0 spiro atoms. The minimum absolute atomic E-state index is 0.0307. The van der Waals surface area contributed by atoms with Gasteiger partial charge < -0.3 is 14.6 Å². The number of aromatic nitrogens is 1. The number of ether oxygens (including phenoxy) is 1. The van der Waals surface area contributed by atoms with Crippen LogP contribution in [0.5, 0.6) is 0 Å². The summed E-state index contributed by atoms with van der Waals surface area (Å²) in [5, 5.41) is 14.2. The molecule has 5 nitrogen and oxygen atoms in total. The topological polar surface area (TPSA) is 67.1 Å². The van der Waals surface area contributed by atoms with Gasteiger partial charge in [0.15, 0.2) is 0 Å². The van der Waals surface area contributed by atoms with Crippen LogP contribution in [0, 0.1) is 18.3 Å². The molecule has 0 saturated carbocycles. The zero-order chi connectivity index (χ0) is 21.8. The molecule has 1 atom stereocenters. The average molecular weight is 434 g/mol. The first kappa shape index (κ1) is 21.2. The molecule has 1 N–H and O–H groups in total. The third-order valence-corrected chi connectivity index (χ3v) is 6.10. The molecular formula is C25H24ClN3O2. The maximum atomic E-state index is 12.6. The van der Waals surface area contributed by atoms with E-state index in [1.54, 1.807) is 6.08 Å². The summed E-state index contributed by atoms with van der Waals surface area (Å²) in [6.07, 6.45) is 3.65.